The van der Waals surface area contributed by atoms with Crippen molar-refractivity contribution in [3.05, 3.63) is 18.2 Å². The van der Waals surface area contributed by atoms with E-state index in [1.54, 1.807) is 0 Å². The number of anilines is 2. The van der Waals surface area contributed by atoms with Gasteiger partial charge < -0.3 is 15.4 Å². The summed E-state index contributed by atoms with van der Waals surface area (Å²) in [6.45, 7) is 6.32. The lowest BCUT2D eigenvalue weighted by Gasteiger charge is -2.20. The second kappa shape index (κ2) is 4.64. The molecular formula is C13H20N2O. The number of hydrogen-bond donors (Lipinski definition) is 1. The Hall–Kier alpha value is -1.38. The first-order valence-corrected chi connectivity index (χ1v) is 5.98. The fraction of sp³-hybridized carbons (Fsp3) is 0.538. The number of hydrogen-bond acceptors (Lipinski definition) is 3. The lowest BCUT2D eigenvalue weighted by atomic mass is 10.2. The molecule has 1 saturated heterocycles. The molecule has 88 valence electrons. The van der Waals surface area contributed by atoms with Crippen molar-refractivity contribution in [1.82, 2.24) is 0 Å². The largest absolute Gasteiger partial charge is 0.489 e. The van der Waals surface area contributed by atoms with Gasteiger partial charge in [-0.1, -0.05) is 0 Å². The summed E-state index contributed by atoms with van der Waals surface area (Å²) in [5, 5.41) is 0. The first-order valence-electron chi connectivity index (χ1n) is 5.98. The van der Waals surface area contributed by atoms with E-state index < -0.39 is 0 Å². The van der Waals surface area contributed by atoms with Gasteiger partial charge in [0.15, 0.2) is 0 Å². The molecule has 1 fully saturated rings. The van der Waals surface area contributed by atoms with Crippen LogP contribution in [-0.4, -0.2) is 19.2 Å². The number of nitrogen functional groups attached to an aromatic ring is 1. The van der Waals surface area contributed by atoms with E-state index in [1.165, 1.54) is 18.5 Å². The first kappa shape index (κ1) is 11.1. The minimum Gasteiger partial charge on any atom is -0.489 e. The van der Waals surface area contributed by atoms with E-state index in [1.807, 2.05) is 19.9 Å². The Balaban J connectivity index is 2.20. The molecule has 0 unspecified atom stereocenters. The quantitative estimate of drug-likeness (QED) is 0.796. The van der Waals surface area contributed by atoms with Gasteiger partial charge in [0.05, 0.1) is 11.8 Å². The van der Waals surface area contributed by atoms with Crippen molar-refractivity contribution in [2.45, 2.75) is 32.8 Å². The predicted molar refractivity (Wildman–Crippen MR) is 68.1 cm³/mol. The zero-order valence-corrected chi connectivity index (χ0v) is 10.1. The standard InChI is InChI=1S/C13H20N2O/c1-10(2)16-13-9-11(5-6-12(13)14)15-7-3-4-8-15/h5-6,9-10H,3-4,7-8,14H2,1-2H3. The maximum Gasteiger partial charge on any atom is 0.144 e. The minimum atomic E-state index is 0.163. The van der Waals surface area contributed by atoms with Crippen molar-refractivity contribution in [2.75, 3.05) is 23.7 Å². The maximum atomic E-state index is 5.89. The van der Waals surface area contributed by atoms with Crippen LogP contribution >= 0.6 is 0 Å². The van der Waals surface area contributed by atoms with Crippen LogP contribution in [0.25, 0.3) is 0 Å². The molecule has 0 aliphatic carbocycles. The van der Waals surface area contributed by atoms with E-state index in [4.69, 9.17) is 10.5 Å². The van der Waals surface area contributed by atoms with Crippen LogP contribution in [0.5, 0.6) is 5.75 Å². The van der Waals surface area contributed by atoms with Crippen molar-refractivity contribution in [3.63, 3.8) is 0 Å². The van der Waals surface area contributed by atoms with Crippen LogP contribution in [0.1, 0.15) is 26.7 Å². The molecule has 3 nitrogen and oxygen atoms in total. The van der Waals surface area contributed by atoms with Crippen LogP contribution in [0.4, 0.5) is 11.4 Å². The molecule has 1 aromatic rings. The molecule has 2 rings (SSSR count). The second-order valence-electron chi connectivity index (χ2n) is 4.58. The molecule has 0 atom stereocenters. The molecule has 1 aromatic carbocycles. The molecular weight excluding hydrogens is 200 g/mol. The van der Waals surface area contributed by atoms with Gasteiger partial charge >= 0.3 is 0 Å². The Kier molecular flexibility index (Phi) is 3.22. The predicted octanol–water partition coefficient (Wildman–Crippen LogP) is 2.66. The molecule has 2 N–H and O–H groups in total. The molecule has 1 aliphatic rings. The first-order chi connectivity index (χ1) is 7.66. The monoisotopic (exact) mass is 220 g/mol. The van der Waals surface area contributed by atoms with Gasteiger partial charge in [0.25, 0.3) is 0 Å². The molecule has 3 heteroatoms. The van der Waals surface area contributed by atoms with Gasteiger partial charge in [-0.15, -0.1) is 0 Å². The van der Waals surface area contributed by atoms with Crippen LogP contribution in [0, 0.1) is 0 Å². The van der Waals surface area contributed by atoms with Gasteiger partial charge in [0.1, 0.15) is 5.75 Å². The van der Waals surface area contributed by atoms with E-state index in [2.05, 4.69) is 17.0 Å². The molecule has 16 heavy (non-hydrogen) atoms. The van der Waals surface area contributed by atoms with Crippen LogP contribution in [0.15, 0.2) is 18.2 Å². The normalized spacial score (nSPS) is 15.8. The van der Waals surface area contributed by atoms with Gasteiger partial charge in [0.2, 0.25) is 0 Å². The van der Waals surface area contributed by atoms with Crippen molar-refractivity contribution in [1.29, 1.82) is 0 Å². The van der Waals surface area contributed by atoms with Crippen LogP contribution < -0.4 is 15.4 Å². The number of nitrogens with zero attached hydrogens (tertiary/aromatic N) is 1. The molecule has 1 aliphatic heterocycles. The molecule has 0 spiro atoms. The van der Waals surface area contributed by atoms with Crippen LogP contribution in [0.3, 0.4) is 0 Å². The molecule has 1 heterocycles. The van der Waals surface area contributed by atoms with E-state index in [0.29, 0.717) is 0 Å². The average Bonchev–Trinajstić information content (AvgIpc) is 2.73. The Morgan fingerprint density at radius 1 is 1.25 bits per heavy atom. The lowest BCUT2D eigenvalue weighted by molar-refractivity contribution is 0.244. The third kappa shape index (κ3) is 2.40. The molecule has 0 amide bonds. The van der Waals surface area contributed by atoms with Gasteiger partial charge in [-0.3, -0.25) is 0 Å². The van der Waals surface area contributed by atoms with Crippen molar-refractivity contribution in [3.8, 4) is 5.75 Å². The van der Waals surface area contributed by atoms with Gasteiger partial charge in [0, 0.05) is 24.8 Å². The molecule has 0 bridgehead atoms. The van der Waals surface area contributed by atoms with E-state index in [9.17, 15) is 0 Å². The van der Waals surface area contributed by atoms with Crippen LogP contribution in [0.2, 0.25) is 0 Å². The van der Waals surface area contributed by atoms with Gasteiger partial charge in [-0.05, 0) is 38.8 Å². The number of rotatable bonds is 3. The summed E-state index contributed by atoms with van der Waals surface area (Å²) in [4.78, 5) is 2.38. The highest BCUT2D eigenvalue weighted by Gasteiger charge is 2.14. The summed E-state index contributed by atoms with van der Waals surface area (Å²) in [5.74, 6) is 0.805. The summed E-state index contributed by atoms with van der Waals surface area (Å²) in [5.41, 5.74) is 7.84. The highest BCUT2D eigenvalue weighted by Crippen LogP contribution is 2.30. The summed E-state index contributed by atoms with van der Waals surface area (Å²) < 4.78 is 5.69. The summed E-state index contributed by atoms with van der Waals surface area (Å²) >= 11 is 0. The smallest absolute Gasteiger partial charge is 0.144 e. The van der Waals surface area contributed by atoms with E-state index in [0.717, 1.165) is 24.5 Å². The maximum absolute atomic E-state index is 5.89. The fourth-order valence-corrected chi connectivity index (χ4v) is 2.05. The highest BCUT2D eigenvalue weighted by atomic mass is 16.5. The topological polar surface area (TPSA) is 38.5 Å². The summed E-state index contributed by atoms with van der Waals surface area (Å²) in [6.07, 6.45) is 2.73. The van der Waals surface area contributed by atoms with Crippen molar-refractivity contribution in [2.24, 2.45) is 0 Å². The third-order valence-corrected chi connectivity index (χ3v) is 2.83. The Morgan fingerprint density at radius 2 is 1.94 bits per heavy atom. The van der Waals surface area contributed by atoms with Crippen LogP contribution in [-0.2, 0) is 0 Å². The highest BCUT2D eigenvalue weighted by molar-refractivity contribution is 5.62. The SMILES string of the molecule is CC(C)Oc1cc(N2CCCC2)ccc1N. The summed E-state index contributed by atoms with van der Waals surface area (Å²) in [7, 11) is 0. The fourth-order valence-electron chi connectivity index (χ4n) is 2.05. The van der Waals surface area contributed by atoms with E-state index >= 15 is 0 Å². The number of benzene rings is 1. The molecule has 0 radical (unpaired) electrons. The lowest BCUT2D eigenvalue weighted by Crippen LogP contribution is -2.18. The Morgan fingerprint density at radius 3 is 2.56 bits per heavy atom. The van der Waals surface area contributed by atoms with Crippen molar-refractivity contribution < 1.29 is 4.74 Å². The minimum absolute atomic E-state index is 0.163. The zero-order chi connectivity index (χ0) is 11.5. The van der Waals surface area contributed by atoms with Gasteiger partial charge in [-0.2, -0.15) is 0 Å². The zero-order valence-electron chi connectivity index (χ0n) is 10.1. The third-order valence-electron chi connectivity index (χ3n) is 2.83. The van der Waals surface area contributed by atoms with Crippen molar-refractivity contribution >= 4 is 11.4 Å². The Labute approximate surface area is 97.2 Å². The van der Waals surface area contributed by atoms with Gasteiger partial charge in [-0.25, -0.2) is 0 Å². The molecule has 0 aromatic heterocycles. The number of nitrogens with two attached hydrogens (primary N) is 1. The molecule has 0 saturated carbocycles. The summed E-state index contributed by atoms with van der Waals surface area (Å²) in [6, 6.07) is 6.07. The second-order valence-corrected chi connectivity index (χ2v) is 4.58. The van der Waals surface area contributed by atoms with E-state index in [-0.39, 0.29) is 6.10 Å². The number of ether oxygens (including phenoxy) is 1. The average molecular weight is 220 g/mol. The Bertz CT molecular complexity index is 357.